The Morgan fingerprint density at radius 2 is 2.02 bits per heavy atom. The molecule has 2 aromatic rings. The van der Waals surface area contributed by atoms with E-state index in [-0.39, 0.29) is 29.7 Å². The summed E-state index contributed by atoms with van der Waals surface area (Å²) in [6.07, 6.45) is 3.77. The number of hydrogen-bond donors (Lipinski definition) is 1. The number of unbranched alkanes of at least 4 members (excludes halogenated alkanes) is 2. The number of ether oxygens (including phenoxy) is 1. The van der Waals surface area contributed by atoms with E-state index in [0.717, 1.165) is 57.3 Å². The van der Waals surface area contributed by atoms with E-state index in [0.29, 0.717) is 30.8 Å². The van der Waals surface area contributed by atoms with Crippen molar-refractivity contribution in [2.24, 2.45) is 0 Å². The molecule has 0 bridgehead atoms. The molecule has 2 aromatic heterocycles. The van der Waals surface area contributed by atoms with Crippen LogP contribution in [0.5, 0.6) is 0 Å². The summed E-state index contributed by atoms with van der Waals surface area (Å²) < 4.78 is 45.4. The maximum atomic E-state index is 13.2. The Morgan fingerprint density at radius 1 is 1.26 bits per heavy atom. The summed E-state index contributed by atoms with van der Waals surface area (Å²) in [6.45, 7) is 10.9. The van der Waals surface area contributed by atoms with Crippen molar-refractivity contribution in [1.82, 2.24) is 25.0 Å². The van der Waals surface area contributed by atoms with Crippen molar-refractivity contribution < 1.29 is 22.7 Å². The zero-order chi connectivity index (χ0) is 30.9. The number of amides is 1. The molecule has 1 saturated heterocycles. The molecular formula is C30H41F3N6O3. The molecule has 1 aliphatic heterocycles. The fourth-order valence-corrected chi connectivity index (χ4v) is 5.78. The minimum Gasteiger partial charge on any atom is -0.370 e. The Morgan fingerprint density at radius 3 is 2.62 bits per heavy atom. The van der Waals surface area contributed by atoms with Gasteiger partial charge in [0.1, 0.15) is 11.6 Å². The van der Waals surface area contributed by atoms with Crippen LogP contribution in [0.25, 0.3) is 0 Å². The molecule has 1 N–H and O–H groups in total. The highest BCUT2D eigenvalue weighted by Gasteiger charge is 2.44. The Bertz CT molecular complexity index is 1270. The standard InChI is InChI=1S/C15H20F3N3O2.C15H21N3O/c1-8-6-21(7-14(2,3)23-8)10-5-4-9-11(15(16,17)18)13(22)20-19-12(9)10;1-2-9-18(13-19)10-5-3-4-6-15-8-7-14(11-16)12-17-15/h8,10H,4-7H2,1-3H3,(H,20,22);7-8,12-13H,2-6,9-10H2,1H3. The van der Waals surface area contributed by atoms with E-state index in [2.05, 4.69) is 28.0 Å². The van der Waals surface area contributed by atoms with Gasteiger partial charge in [0.15, 0.2) is 0 Å². The van der Waals surface area contributed by atoms with Gasteiger partial charge in [-0.3, -0.25) is 19.5 Å². The lowest BCUT2D eigenvalue weighted by atomic mass is 10.0. The van der Waals surface area contributed by atoms with Crippen LogP contribution in [0.3, 0.4) is 0 Å². The number of H-pyrrole nitrogens is 1. The largest absolute Gasteiger partial charge is 0.422 e. The lowest BCUT2D eigenvalue weighted by Gasteiger charge is -2.44. The molecule has 12 heteroatoms. The maximum Gasteiger partial charge on any atom is 0.422 e. The summed E-state index contributed by atoms with van der Waals surface area (Å²) in [5, 5.41) is 14.6. The number of rotatable bonds is 10. The summed E-state index contributed by atoms with van der Waals surface area (Å²) in [4.78, 5) is 30.5. The highest BCUT2D eigenvalue weighted by atomic mass is 19.4. The van der Waals surface area contributed by atoms with Crippen molar-refractivity contribution >= 4 is 6.41 Å². The first-order valence-corrected chi connectivity index (χ1v) is 14.5. The summed E-state index contributed by atoms with van der Waals surface area (Å²) >= 11 is 0. The number of carbonyl (C=O) groups excluding carboxylic acids is 1. The van der Waals surface area contributed by atoms with E-state index in [1.807, 2.05) is 36.8 Å². The number of hydrogen-bond acceptors (Lipinski definition) is 7. The van der Waals surface area contributed by atoms with Gasteiger partial charge in [-0.15, -0.1) is 0 Å². The molecule has 0 aromatic carbocycles. The molecular weight excluding hydrogens is 549 g/mol. The van der Waals surface area contributed by atoms with Gasteiger partial charge in [0, 0.05) is 38.1 Å². The third kappa shape index (κ3) is 9.10. The number of nitrogens with zero attached hydrogens (tertiary/aromatic N) is 5. The smallest absolute Gasteiger partial charge is 0.370 e. The molecule has 0 radical (unpaired) electrons. The van der Waals surface area contributed by atoms with E-state index < -0.39 is 17.3 Å². The molecule has 2 aliphatic rings. The Labute approximate surface area is 245 Å². The van der Waals surface area contributed by atoms with Gasteiger partial charge in [-0.2, -0.15) is 23.5 Å². The molecule has 0 saturated carbocycles. The van der Waals surface area contributed by atoms with Crippen LogP contribution in [0.2, 0.25) is 0 Å². The van der Waals surface area contributed by atoms with Crippen LogP contribution in [-0.2, 0) is 28.5 Å². The minimum absolute atomic E-state index is 0.00681. The van der Waals surface area contributed by atoms with Gasteiger partial charge in [0.2, 0.25) is 6.41 Å². The summed E-state index contributed by atoms with van der Waals surface area (Å²) in [5.74, 6) is 0. The number of carbonyl (C=O) groups is 1. The first-order chi connectivity index (χ1) is 19.9. The molecule has 230 valence electrons. The van der Waals surface area contributed by atoms with E-state index in [4.69, 9.17) is 10.00 Å². The van der Waals surface area contributed by atoms with Crippen molar-refractivity contribution in [2.75, 3.05) is 26.2 Å². The molecule has 4 rings (SSSR count). The number of fused-ring (bicyclic) bond motifs is 1. The number of aromatic nitrogens is 3. The quantitative estimate of drug-likeness (QED) is 0.312. The molecule has 2 unspecified atom stereocenters. The average molecular weight is 591 g/mol. The third-order valence-electron chi connectivity index (χ3n) is 7.41. The van der Waals surface area contributed by atoms with E-state index in [1.165, 1.54) is 0 Å². The second-order valence-electron chi connectivity index (χ2n) is 11.6. The predicted molar refractivity (Wildman–Crippen MR) is 152 cm³/mol. The highest BCUT2D eigenvalue weighted by Crippen LogP contribution is 2.41. The van der Waals surface area contributed by atoms with E-state index >= 15 is 0 Å². The number of pyridine rings is 1. The van der Waals surface area contributed by atoms with E-state index in [9.17, 15) is 22.8 Å². The molecule has 2 atom stereocenters. The van der Waals surface area contributed by atoms with Crippen LogP contribution in [0.1, 0.15) is 93.9 Å². The number of aromatic amines is 1. The first-order valence-electron chi connectivity index (χ1n) is 14.5. The molecule has 42 heavy (non-hydrogen) atoms. The zero-order valence-electron chi connectivity index (χ0n) is 24.8. The van der Waals surface area contributed by atoms with Crippen LogP contribution in [-0.4, -0.2) is 69.3 Å². The number of morpholine rings is 1. The van der Waals surface area contributed by atoms with Gasteiger partial charge in [-0.25, -0.2) is 5.10 Å². The van der Waals surface area contributed by atoms with Crippen LogP contribution in [0.15, 0.2) is 23.1 Å². The van der Waals surface area contributed by atoms with Crippen molar-refractivity contribution in [3.05, 3.63) is 56.8 Å². The van der Waals surface area contributed by atoms with Crippen LogP contribution in [0, 0.1) is 11.3 Å². The predicted octanol–water partition coefficient (Wildman–Crippen LogP) is 4.81. The average Bonchev–Trinajstić information content (AvgIpc) is 3.35. The summed E-state index contributed by atoms with van der Waals surface area (Å²) in [5.41, 5.74) is -0.594. The molecule has 1 aliphatic carbocycles. The zero-order valence-corrected chi connectivity index (χ0v) is 24.8. The molecule has 1 amide bonds. The highest BCUT2D eigenvalue weighted by molar-refractivity contribution is 5.46. The minimum atomic E-state index is -4.66. The van der Waals surface area contributed by atoms with Gasteiger partial charge in [-0.05, 0) is 77.0 Å². The summed E-state index contributed by atoms with van der Waals surface area (Å²) in [7, 11) is 0. The van der Waals surface area contributed by atoms with Crippen LogP contribution < -0.4 is 5.56 Å². The van der Waals surface area contributed by atoms with Crippen molar-refractivity contribution in [3.63, 3.8) is 0 Å². The van der Waals surface area contributed by atoms with Crippen molar-refractivity contribution in [3.8, 4) is 6.07 Å². The fourth-order valence-electron chi connectivity index (χ4n) is 5.78. The lowest BCUT2D eigenvalue weighted by molar-refractivity contribution is -0.140. The van der Waals surface area contributed by atoms with Gasteiger partial charge in [0.25, 0.3) is 5.56 Å². The second kappa shape index (κ2) is 14.7. The van der Waals surface area contributed by atoms with Crippen molar-refractivity contribution in [2.45, 2.75) is 96.6 Å². The Hall–Kier alpha value is -3.30. The van der Waals surface area contributed by atoms with Gasteiger partial charge < -0.3 is 9.64 Å². The summed E-state index contributed by atoms with van der Waals surface area (Å²) in [6, 6.07) is 5.56. The maximum absolute atomic E-state index is 13.2. The fraction of sp³-hybridized carbons (Fsp3) is 0.633. The Kier molecular flexibility index (Phi) is 11.7. The normalized spacial score (nSPS) is 19.8. The SMILES string of the molecule is CC1CN(C2CCc3c2n[nH]c(=O)c3C(F)(F)F)CC(C)(C)O1.CCCN(C=O)CCCCCc1ccc(C#N)cn1. The van der Waals surface area contributed by atoms with Crippen molar-refractivity contribution in [1.29, 1.82) is 5.26 Å². The molecule has 3 heterocycles. The Balaban J connectivity index is 0.000000236. The van der Waals surface area contributed by atoms with Gasteiger partial charge >= 0.3 is 6.18 Å². The monoisotopic (exact) mass is 590 g/mol. The molecule has 1 fully saturated rings. The third-order valence-corrected chi connectivity index (χ3v) is 7.41. The topological polar surface area (TPSA) is 115 Å². The number of alkyl halides is 3. The van der Waals surface area contributed by atoms with Gasteiger partial charge in [-0.1, -0.05) is 13.3 Å². The second-order valence-corrected chi connectivity index (χ2v) is 11.6. The van der Waals surface area contributed by atoms with Gasteiger partial charge in [0.05, 0.1) is 29.0 Å². The first kappa shape index (κ1) is 33.2. The van der Waals surface area contributed by atoms with Crippen LogP contribution in [0.4, 0.5) is 13.2 Å². The van der Waals surface area contributed by atoms with Crippen LogP contribution >= 0.6 is 0 Å². The molecule has 0 spiro atoms. The number of nitriles is 1. The number of halogens is 3. The van der Waals surface area contributed by atoms with E-state index in [1.54, 1.807) is 12.3 Å². The lowest BCUT2D eigenvalue weighted by Crippen LogP contribution is -2.52. The molecule has 9 nitrogen and oxygen atoms in total. The number of nitrogens with one attached hydrogen (secondary N) is 1. The number of aryl methyl sites for hydroxylation is 1.